The number of aromatic nitrogens is 2. The number of aliphatic hydroxyl groups excluding tert-OH is 1. The van der Waals surface area contributed by atoms with E-state index in [0.29, 0.717) is 11.7 Å². The molecule has 6 heteroatoms. The normalized spacial score (nSPS) is 13.5. The fourth-order valence-corrected chi connectivity index (χ4v) is 2.32. The zero-order valence-corrected chi connectivity index (χ0v) is 9.85. The summed E-state index contributed by atoms with van der Waals surface area (Å²) < 4.78 is 1.96. The molecule has 0 spiro atoms. The van der Waals surface area contributed by atoms with Crippen molar-refractivity contribution in [1.82, 2.24) is 14.7 Å². The largest absolute Gasteiger partial charge is 0.395 e. The first-order valence-electron chi connectivity index (χ1n) is 4.66. The lowest BCUT2D eigenvalue weighted by Crippen LogP contribution is -2.29. The Morgan fingerprint density at radius 2 is 2.53 bits per heavy atom. The van der Waals surface area contributed by atoms with Crippen LogP contribution < -0.4 is 5.32 Å². The number of hydrogen-bond donors (Lipinski definition) is 2. The second kappa shape index (κ2) is 4.49. The van der Waals surface area contributed by atoms with Crippen LogP contribution in [-0.2, 0) is 6.54 Å². The van der Waals surface area contributed by atoms with Crippen LogP contribution in [0.3, 0.4) is 0 Å². The highest BCUT2D eigenvalue weighted by Gasteiger charge is 2.11. The fourth-order valence-electron chi connectivity index (χ4n) is 1.30. The van der Waals surface area contributed by atoms with Gasteiger partial charge in [0.1, 0.15) is 0 Å². The number of nitrogens with one attached hydrogen (secondary N) is 1. The highest BCUT2D eigenvalue weighted by atomic mass is 35.5. The molecule has 2 aromatic heterocycles. The Labute approximate surface area is 96.5 Å². The number of imidazole rings is 1. The Balaban J connectivity index is 2.19. The third-order valence-electron chi connectivity index (χ3n) is 2.20. The number of nitrogens with zero attached hydrogens (tertiary/aromatic N) is 2. The van der Waals surface area contributed by atoms with Crippen molar-refractivity contribution in [3.8, 4) is 0 Å². The molecule has 0 fully saturated rings. The summed E-state index contributed by atoms with van der Waals surface area (Å²) in [6, 6.07) is 0.0604. The average molecular weight is 246 g/mol. The monoisotopic (exact) mass is 245 g/mol. The Hall–Kier alpha value is -0.620. The van der Waals surface area contributed by atoms with Crippen molar-refractivity contribution in [2.75, 3.05) is 6.61 Å². The Bertz CT molecular complexity index is 453. The van der Waals surface area contributed by atoms with E-state index in [-0.39, 0.29) is 12.6 Å². The van der Waals surface area contributed by atoms with Crippen molar-refractivity contribution in [2.45, 2.75) is 19.5 Å². The van der Waals surface area contributed by atoms with Crippen molar-refractivity contribution in [2.24, 2.45) is 0 Å². The third-order valence-corrected chi connectivity index (χ3v) is 3.26. The summed E-state index contributed by atoms with van der Waals surface area (Å²) in [7, 11) is 0. The van der Waals surface area contributed by atoms with Gasteiger partial charge in [-0.15, -0.1) is 11.3 Å². The average Bonchev–Trinajstić information content (AvgIpc) is 2.75. The maximum Gasteiger partial charge on any atom is 0.195 e. The fraction of sp³-hybridized carbons (Fsp3) is 0.444. The number of thiazole rings is 1. The quantitative estimate of drug-likeness (QED) is 0.859. The molecular weight excluding hydrogens is 234 g/mol. The number of hydrogen-bond acceptors (Lipinski definition) is 4. The predicted octanol–water partition coefficient (Wildman–Crippen LogP) is 1.52. The molecular formula is C9H12ClN3OS. The Morgan fingerprint density at radius 3 is 3.27 bits per heavy atom. The van der Waals surface area contributed by atoms with E-state index >= 15 is 0 Å². The lowest BCUT2D eigenvalue weighted by molar-refractivity contribution is 0.250. The molecule has 0 amide bonds. The molecule has 0 saturated heterocycles. The standard InChI is InChI=1S/C9H12ClN3OS/c1-6(5-14)11-4-7-8(10)12-9-13(7)2-3-15-9/h2-3,6,11,14H,4-5H2,1H3. The molecule has 0 aliphatic rings. The smallest absolute Gasteiger partial charge is 0.195 e. The Kier molecular flexibility index (Phi) is 3.25. The zero-order chi connectivity index (χ0) is 10.8. The molecule has 2 rings (SSSR count). The van der Waals surface area contributed by atoms with E-state index in [4.69, 9.17) is 16.7 Å². The summed E-state index contributed by atoms with van der Waals surface area (Å²) in [5.41, 5.74) is 0.938. The van der Waals surface area contributed by atoms with E-state index in [1.807, 2.05) is 22.9 Å². The van der Waals surface area contributed by atoms with E-state index < -0.39 is 0 Å². The maximum absolute atomic E-state index is 8.89. The first kappa shape index (κ1) is 10.9. The SMILES string of the molecule is CC(CO)NCc1c(Cl)nc2sccn12. The minimum atomic E-state index is 0.0604. The van der Waals surface area contributed by atoms with Crippen LogP contribution in [0.5, 0.6) is 0 Å². The minimum Gasteiger partial charge on any atom is -0.395 e. The van der Waals surface area contributed by atoms with Gasteiger partial charge in [0.2, 0.25) is 0 Å². The zero-order valence-electron chi connectivity index (χ0n) is 8.27. The van der Waals surface area contributed by atoms with Gasteiger partial charge in [-0.2, -0.15) is 0 Å². The molecule has 2 N–H and O–H groups in total. The molecule has 1 atom stereocenters. The van der Waals surface area contributed by atoms with Crippen molar-refractivity contribution in [3.05, 3.63) is 22.4 Å². The molecule has 4 nitrogen and oxygen atoms in total. The summed E-state index contributed by atoms with van der Waals surface area (Å²) in [5.74, 6) is 0. The van der Waals surface area contributed by atoms with E-state index in [2.05, 4.69) is 10.3 Å². The molecule has 0 aromatic carbocycles. The molecule has 0 saturated carbocycles. The maximum atomic E-state index is 8.89. The van der Waals surface area contributed by atoms with E-state index in [1.165, 1.54) is 0 Å². The minimum absolute atomic E-state index is 0.0604. The van der Waals surface area contributed by atoms with Crippen LogP contribution in [0.4, 0.5) is 0 Å². The summed E-state index contributed by atoms with van der Waals surface area (Å²) in [4.78, 5) is 5.12. The van der Waals surface area contributed by atoms with Gasteiger partial charge in [-0.1, -0.05) is 11.6 Å². The van der Waals surface area contributed by atoms with Crippen LogP contribution in [0.25, 0.3) is 4.96 Å². The molecule has 1 unspecified atom stereocenters. The predicted molar refractivity (Wildman–Crippen MR) is 61.5 cm³/mol. The van der Waals surface area contributed by atoms with Crippen molar-refractivity contribution < 1.29 is 5.11 Å². The van der Waals surface area contributed by atoms with Gasteiger partial charge >= 0.3 is 0 Å². The van der Waals surface area contributed by atoms with Crippen LogP contribution in [0, 0.1) is 0 Å². The van der Waals surface area contributed by atoms with Crippen LogP contribution in [0.2, 0.25) is 5.15 Å². The summed E-state index contributed by atoms with van der Waals surface area (Å²) >= 11 is 7.56. The van der Waals surface area contributed by atoms with Crippen molar-refractivity contribution >= 4 is 27.9 Å². The summed E-state index contributed by atoms with van der Waals surface area (Å²) in [6.45, 7) is 2.64. The second-order valence-corrected chi connectivity index (χ2v) is 4.60. The highest BCUT2D eigenvalue weighted by Crippen LogP contribution is 2.20. The van der Waals surface area contributed by atoms with E-state index in [0.717, 1.165) is 10.7 Å². The number of rotatable bonds is 4. The number of aliphatic hydroxyl groups is 1. The summed E-state index contributed by atoms with van der Waals surface area (Å²) in [5, 5.41) is 14.6. The second-order valence-electron chi connectivity index (χ2n) is 3.37. The van der Waals surface area contributed by atoms with Crippen LogP contribution >= 0.6 is 22.9 Å². The molecule has 82 valence electrons. The number of halogens is 1. The third kappa shape index (κ3) is 2.15. The van der Waals surface area contributed by atoms with Crippen LogP contribution in [0.1, 0.15) is 12.6 Å². The van der Waals surface area contributed by atoms with Gasteiger partial charge in [0.05, 0.1) is 12.3 Å². The Morgan fingerprint density at radius 1 is 1.73 bits per heavy atom. The van der Waals surface area contributed by atoms with E-state index in [1.54, 1.807) is 11.3 Å². The van der Waals surface area contributed by atoms with Gasteiger partial charge in [-0.05, 0) is 6.92 Å². The molecule has 0 radical (unpaired) electrons. The molecule has 0 aliphatic carbocycles. The van der Waals surface area contributed by atoms with Crippen molar-refractivity contribution in [3.63, 3.8) is 0 Å². The molecule has 2 aromatic rings. The molecule has 0 bridgehead atoms. The van der Waals surface area contributed by atoms with Gasteiger partial charge in [0.15, 0.2) is 10.1 Å². The molecule has 15 heavy (non-hydrogen) atoms. The summed E-state index contributed by atoms with van der Waals surface area (Å²) in [6.07, 6.45) is 1.94. The van der Waals surface area contributed by atoms with Gasteiger partial charge in [0, 0.05) is 24.2 Å². The molecule has 0 aliphatic heterocycles. The first-order chi connectivity index (χ1) is 7.22. The van der Waals surface area contributed by atoms with Gasteiger partial charge < -0.3 is 10.4 Å². The van der Waals surface area contributed by atoms with Gasteiger partial charge in [-0.25, -0.2) is 4.98 Å². The first-order valence-corrected chi connectivity index (χ1v) is 5.92. The van der Waals surface area contributed by atoms with Crippen LogP contribution in [0.15, 0.2) is 11.6 Å². The van der Waals surface area contributed by atoms with Crippen molar-refractivity contribution in [1.29, 1.82) is 0 Å². The van der Waals surface area contributed by atoms with E-state index in [9.17, 15) is 0 Å². The lowest BCUT2D eigenvalue weighted by atomic mass is 10.3. The van der Waals surface area contributed by atoms with Crippen LogP contribution in [-0.4, -0.2) is 27.1 Å². The highest BCUT2D eigenvalue weighted by molar-refractivity contribution is 7.15. The number of fused-ring (bicyclic) bond motifs is 1. The lowest BCUT2D eigenvalue weighted by Gasteiger charge is -2.09. The topological polar surface area (TPSA) is 49.6 Å². The van der Waals surface area contributed by atoms with Gasteiger partial charge in [0.25, 0.3) is 0 Å². The molecule has 2 heterocycles. The van der Waals surface area contributed by atoms with Gasteiger partial charge in [-0.3, -0.25) is 4.40 Å².